The van der Waals surface area contributed by atoms with E-state index in [1.807, 2.05) is 6.07 Å². The van der Waals surface area contributed by atoms with Crippen molar-refractivity contribution in [2.75, 3.05) is 0 Å². The number of ether oxygens (including phenoxy) is 1. The van der Waals surface area contributed by atoms with E-state index in [9.17, 15) is 0 Å². The molecular weight excluding hydrogens is 358 g/mol. The summed E-state index contributed by atoms with van der Waals surface area (Å²) in [4.78, 5) is 0. The maximum absolute atomic E-state index is 6.08. The van der Waals surface area contributed by atoms with Crippen LogP contribution in [0.15, 0.2) is 36.4 Å². The molecule has 0 atom stereocenters. The van der Waals surface area contributed by atoms with Crippen LogP contribution in [0.4, 0.5) is 0 Å². The van der Waals surface area contributed by atoms with Crippen LogP contribution in [-0.2, 0) is 5.33 Å². The fraction of sp³-hybridized carbons (Fsp3) is 0.0769. The van der Waals surface area contributed by atoms with Gasteiger partial charge < -0.3 is 4.74 Å². The molecule has 0 aliphatic heterocycles. The van der Waals surface area contributed by atoms with Crippen molar-refractivity contribution < 1.29 is 4.74 Å². The monoisotopic (exact) mass is 364 g/mol. The minimum Gasteiger partial charge on any atom is -0.455 e. The largest absolute Gasteiger partial charge is 0.455 e. The Balaban J connectivity index is 2.37. The molecule has 0 fully saturated rings. The Hall–Kier alpha value is -0.410. The Bertz CT molecular complexity index is 572. The predicted molar refractivity (Wildman–Crippen MR) is 80.6 cm³/mol. The van der Waals surface area contributed by atoms with Gasteiger partial charge in [-0.1, -0.05) is 56.8 Å². The minimum absolute atomic E-state index is 0.398. The van der Waals surface area contributed by atoms with E-state index in [1.54, 1.807) is 30.3 Å². The zero-order chi connectivity index (χ0) is 13.1. The molecule has 0 aromatic heterocycles. The van der Waals surface area contributed by atoms with Crippen LogP contribution in [0.25, 0.3) is 0 Å². The summed E-state index contributed by atoms with van der Waals surface area (Å²) in [7, 11) is 0. The van der Waals surface area contributed by atoms with Gasteiger partial charge in [-0.25, -0.2) is 0 Å². The third-order valence-corrected chi connectivity index (χ3v) is 3.94. The van der Waals surface area contributed by atoms with Crippen LogP contribution in [-0.4, -0.2) is 0 Å². The van der Waals surface area contributed by atoms with E-state index in [1.165, 1.54) is 0 Å². The second kappa shape index (κ2) is 6.16. The Morgan fingerprint density at radius 1 is 1.00 bits per heavy atom. The first kappa shape index (κ1) is 14.0. The third kappa shape index (κ3) is 3.12. The van der Waals surface area contributed by atoms with Crippen molar-refractivity contribution in [2.45, 2.75) is 5.33 Å². The molecule has 0 unspecified atom stereocenters. The molecule has 94 valence electrons. The highest BCUT2D eigenvalue weighted by atomic mass is 79.9. The Kier molecular flexibility index (Phi) is 4.79. The van der Waals surface area contributed by atoms with Gasteiger partial charge in [0, 0.05) is 15.9 Å². The molecule has 2 aromatic carbocycles. The molecule has 0 saturated heterocycles. The van der Waals surface area contributed by atoms with Gasteiger partial charge in [0.05, 0.1) is 5.02 Å². The van der Waals surface area contributed by atoms with Crippen molar-refractivity contribution in [2.24, 2.45) is 0 Å². The predicted octanol–water partition coefficient (Wildman–Crippen LogP) is 6.33. The quantitative estimate of drug-likeness (QED) is 0.576. The number of benzene rings is 2. The number of hydrogen-bond acceptors (Lipinski definition) is 1. The van der Waals surface area contributed by atoms with E-state index < -0.39 is 0 Å². The zero-order valence-electron chi connectivity index (χ0n) is 9.09. The van der Waals surface area contributed by atoms with E-state index >= 15 is 0 Å². The fourth-order valence-corrected chi connectivity index (χ4v) is 2.40. The van der Waals surface area contributed by atoms with E-state index in [-0.39, 0.29) is 0 Å². The number of rotatable bonds is 3. The van der Waals surface area contributed by atoms with Crippen molar-refractivity contribution >= 4 is 50.7 Å². The molecule has 0 N–H and O–H groups in total. The number of alkyl halides is 1. The highest BCUT2D eigenvalue weighted by Gasteiger charge is 2.09. The van der Waals surface area contributed by atoms with E-state index in [2.05, 4.69) is 15.9 Å². The van der Waals surface area contributed by atoms with Crippen molar-refractivity contribution in [3.8, 4) is 11.5 Å². The minimum atomic E-state index is 0.398. The van der Waals surface area contributed by atoms with Gasteiger partial charge in [0.2, 0.25) is 0 Å². The average molecular weight is 366 g/mol. The Morgan fingerprint density at radius 2 is 1.78 bits per heavy atom. The summed E-state index contributed by atoms with van der Waals surface area (Å²) in [6.07, 6.45) is 0. The van der Waals surface area contributed by atoms with Gasteiger partial charge in [0.15, 0.2) is 0 Å². The van der Waals surface area contributed by atoms with Gasteiger partial charge in [0.1, 0.15) is 16.5 Å². The summed E-state index contributed by atoms with van der Waals surface area (Å²) in [5.41, 5.74) is 0.943. The molecule has 5 heteroatoms. The van der Waals surface area contributed by atoms with Gasteiger partial charge in [-0.3, -0.25) is 0 Å². The summed E-state index contributed by atoms with van der Waals surface area (Å²) >= 11 is 21.3. The van der Waals surface area contributed by atoms with Crippen LogP contribution in [0.3, 0.4) is 0 Å². The van der Waals surface area contributed by atoms with E-state index in [0.29, 0.717) is 31.9 Å². The lowest BCUT2D eigenvalue weighted by atomic mass is 10.2. The molecule has 2 rings (SSSR count). The molecule has 0 amide bonds. The standard InChI is InChI=1S/C13H8BrCl3O/c14-7-8-6-9(15)4-5-11(8)18-12-3-1-2-10(16)13(12)17/h1-6H,7H2. The van der Waals surface area contributed by atoms with Crippen LogP contribution >= 0.6 is 50.7 Å². The van der Waals surface area contributed by atoms with Gasteiger partial charge >= 0.3 is 0 Å². The number of halogens is 4. The molecule has 0 spiro atoms. The summed E-state index contributed by atoms with van der Waals surface area (Å²) in [5, 5.41) is 2.16. The fourth-order valence-electron chi connectivity index (χ4n) is 1.43. The second-order valence-electron chi connectivity index (χ2n) is 3.54. The average Bonchev–Trinajstić information content (AvgIpc) is 2.37. The molecule has 0 bridgehead atoms. The highest BCUT2D eigenvalue weighted by Crippen LogP contribution is 2.36. The molecule has 0 radical (unpaired) electrons. The van der Waals surface area contributed by atoms with Gasteiger partial charge in [-0.05, 0) is 30.3 Å². The van der Waals surface area contributed by atoms with E-state index in [0.717, 1.165) is 5.56 Å². The first-order chi connectivity index (χ1) is 8.61. The van der Waals surface area contributed by atoms with Gasteiger partial charge in [-0.15, -0.1) is 0 Å². The maximum Gasteiger partial charge on any atom is 0.147 e. The molecule has 0 aliphatic rings. The Morgan fingerprint density at radius 3 is 2.50 bits per heavy atom. The van der Waals surface area contributed by atoms with Crippen molar-refractivity contribution in [3.63, 3.8) is 0 Å². The zero-order valence-corrected chi connectivity index (χ0v) is 12.9. The highest BCUT2D eigenvalue weighted by molar-refractivity contribution is 9.08. The van der Waals surface area contributed by atoms with Crippen molar-refractivity contribution in [3.05, 3.63) is 57.0 Å². The van der Waals surface area contributed by atoms with Crippen LogP contribution in [0, 0.1) is 0 Å². The summed E-state index contributed by atoms with van der Waals surface area (Å²) in [5.74, 6) is 1.22. The molecule has 0 saturated carbocycles. The van der Waals surface area contributed by atoms with Crippen LogP contribution in [0.2, 0.25) is 15.1 Å². The summed E-state index contributed by atoms with van der Waals surface area (Å²) in [6.45, 7) is 0. The summed E-state index contributed by atoms with van der Waals surface area (Å²) in [6, 6.07) is 10.7. The lowest BCUT2D eigenvalue weighted by molar-refractivity contribution is 0.479. The molecular formula is C13H8BrCl3O. The first-order valence-electron chi connectivity index (χ1n) is 5.08. The van der Waals surface area contributed by atoms with Gasteiger partial charge in [-0.2, -0.15) is 0 Å². The molecule has 0 heterocycles. The SMILES string of the molecule is Clc1ccc(Oc2cccc(Cl)c2Cl)c(CBr)c1. The third-order valence-electron chi connectivity index (χ3n) is 2.30. The lowest BCUT2D eigenvalue weighted by Crippen LogP contribution is -1.90. The lowest BCUT2D eigenvalue weighted by Gasteiger charge is -2.11. The van der Waals surface area contributed by atoms with Gasteiger partial charge in [0.25, 0.3) is 0 Å². The Labute approximate surface area is 129 Å². The molecule has 0 aliphatic carbocycles. The normalized spacial score (nSPS) is 10.4. The second-order valence-corrected chi connectivity index (χ2v) is 5.32. The van der Waals surface area contributed by atoms with Crippen molar-refractivity contribution in [1.29, 1.82) is 0 Å². The smallest absolute Gasteiger partial charge is 0.147 e. The summed E-state index contributed by atoms with van der Waals surface area (Å²) < 4.78 is 5.76. The molecule has 1 nitrogen and oxygen atoms in total. The van der Waals surface area contributed by atoms with Crippen LogP contribution in [0.1, 0.15) is 5.56 Å². The maximum atomic E-state index is 6.08. The topological polar surface area (TPSA) is 9.23 Å². The van der Waals surface area contributed by atoms with Crippen LogP contribution < -0.4 is 4.74 Å². The molecule has 2 aromatic rings. The molecule has 18 heavy (non-hydrogen) atoms. The van der Waals surface area contributed by atoms with Crippen LogP contribution in [0.5, 0.6) is 11.5 Å². The number of hydrogen-bond donors (Lipinski definition) is 0. The van der Waals surface area contributed by atoms with E-state index in [4.69, 9.17) is 39.5 Å². The first-order valence-corrected chi connectivity index (χ1v) is 7.33. The van der Waals surface area contributed by atoms with Crippen molar-refractivity contribution in [1.82, 2.24) is 0 Å².